The molecule has 1 aliphatic heterocycles. The third kappa shape index (κ3) is 1.68. The highest BCUT2D eigenvalue weighted by atomic mass is 16.6. The van der Waals surface area contributed by atoms with Gasteiger partial charge in [-0.1, -0.05) is 36.4 Å². The van der Waals surface area contributed by atoms with Crippen molar-refractivity contribution in [2.45, 2.75) is 18.8 Å². The first kappa shape index (κ1) is 11.6. The summed E-state index contributed by atoms with van der Waals surface area (Å²) in [6, 6.07) is 9.26. The molecule has 0 aliphatic carbocycles. The third-order valence-corrected chi connectivity index (χ3v) is 3.37. The van der Waals surface area contributed by atoms with Crippen molar-refractivity contribution in [2.24, 2.45) is 5.92 Å². The van der Waals surface area contributed by atoms with Gasteiger partial charge in [-0.15, -0.1) is 6.58 Å². The standard InChI is InChI=1S/C14H14O3/c1-3-7-11-12(15)17-13(16)14(11,2)10-8-5-4-6-9-10/h3-6,8-9,11H,1,7H2,2H3/t11?,14-/m1/s1. The van der Waals surface area contributed by atoms with Crippen LogP contribution in [0.25, 0.3) is 0 Å². The topological polar surface area (TPSA) is 43.4 Å². The number of ether oxygens (including phenoxy) is 1. The number of esters is 2. The molecule has 0 saturated carbocycles. The van der Waals surface area contributed by atoms with Gasteiger partial charge in [0.15, 0.2) is 0 Å². The Labute approximate surface area is 100 Å². The highest BCUT2D eigenvalue weighted by molar-refractivity contribution is 6.02. The summed E-state index contributed by atoms with van der Waals surface area (Å²) in [6.45, 7) is 5.38. The van der Waals surface area contributed by atoms with Gasteiger partial charge in [-0.2, -0.15) is 0 Å². The van der Waals surface area contributed by atoms with Crippen molar-refractivity contribution >= 4 is 11.9 Å². The minimum Gasteiger partial charge on any atom is -0.392 e. The van der Waals surface area contributed by atoms with E-state index >= 15 is 0 Å². The molecule has 1 aliphatic rings. The number of cyclic esters (lactones) is 2. The van der Waals surface area contributed by atoms with E-state index < -0.39 is 23.3 Å². The molecule has 88 valence electrons. The summed E-state index contributed by atoms with van der Waals surface area (Å²) < 4.78 is 4.77. The van der Waals surface area contributed by atoms with Crippen LogP contribution in [0.1, 0.15) is 18.9 Å². The Bertz CT molecular complexity index is 464. The van der Waals surface area contributed by atoms with Gasteiger partial charge in [-0.3, -0.25) is 9.59 Å². The largest absolute Gasteiger partial charge is 0.392 e. The summed E-state index contributed by atoms with van der Waals surface area (Å²) in [5.74, 6) is -1.41. The fourth-order valence-corrected chi connectivity index (χ4v) is 2.25. The van der Waals surface area contributed by atoms with E-state index in [9.17, 15) is 9.59 Å². The molecule has 0 spiro atoms. The van der Waals surface area contributed by atoms with Gasteiger partial charge < -0.3 is 4.74 Å². The van der Waals surface area contributed by atoms with Crippen molar-refractivity contribution < 1.29 is 14.3 Å². The highest BCUT2D eigenvalue weighted by Gasteiger charge is 2.54. The van der Waals surface area contributed by atoms with Gasteiger partial charge >= 0.3 is 11.9 Å². The molecular formula is C14H14O3. The molecular weight excluding hydrogens is 216 g/mol. The van der Waals surface area contributed by atoms with E-state index in [0.717, 1.165) is 5.56 Å². The maximum Gasteiger partial charge on any atom is 0.324 e. The lowest BCUT2D eigenvalue weighted by Crippen LogP contribution is -2.35. The van der Waals surface area contributed by atoms with Gasteiger partial charge in [0, 0.05) is 0 Å². The first-order valence-corrected chi connectivity index (χ1v) is 5.53. The molecule has 1 unspecified atom stereocenters. The molecule has 0 N–H and O–H groups in total. The van der Waals surface area contributed by atoms with E-state index in [4.69, 9.17) is 4.74 Å². The number of carbonyl (C=O) groups excluding carboxylic acids is 2. The SMILES string of the molecule is C=CCC1C(=O)OC(=O)[C@]1(C)c1ccccc1. The molecule has 2 rings (SSSR count). The Balaban J connectivity index is 2.49. The van der Waals surface area contributed by atoms with Gasteiger partial charge in [-0.05, 0) is 18.9 Å². The minimum absolute atomic E-state index is 0.440. The summed E-state index contributed by atoms with van der Waals surface area (Å²) >= 11 is 0. The van der Waals surface area contributed by atoms with E-state index in [0.29, 0.717) is 6.42 Å². The Morgan fingerprint density at radius 1 is 1.35 bits per heavy atom. The molecule has 3 heteroatoms. The molecule has 2 atom stereocenters. The normalized spacial score (nSPS) is 27.9. The van der Waals surface area contributed by atoms with E-state index in [2.05, 4.69) is 6.58 Å². The van der Waals surface area contributed by atoms with Gasteiger partial charge in [0.25, 0.3) is 0 Å². The van der Waals surface area contributed by atoms with Crippen molar-refractivity contribution in [1.82, 2.24) is 0 Å². The summed E-state index contributed by atoms with van der Waals surface area (Å²) in [4.78, 5) is 23.6. The summed E-state index contributed by atoms with van der Waals surface area (Å²) in [6.07, 6.45) is 2.09. The van der Waals surface area contributed by atoms with Crippen molar-refractivity contribution in [1.29, 1.82) is 0 Å². The third-order valence-electron chi connectivity index (χ3n) is 3.37. The second-order valence-electron chi connectivity index (χ2n) is 4.35. The van der Waals surface area contributed by atoms with E-state index in [1.165, 1.54) is 0 Å². The van der Waals surface area contributed by atoms with Gasteiger partial charge in [0.05, 0.1) is 5.92 Å². The second kappa shape index (κ2) is 4.17. The van der Waals surface area contributed by atoms with Crippen molar-refractivity contribution in [3.8, 4) is 0 Å². The Morgan fingerprint density at radius 3 is 2.59 bits per heavy atom. The predicted molar refractivity (Wildman–Crippen MR) is 63.2 cm³/mol. The number of rotatable bonds is 3. The maximum atomic E-state index is 11.9. The quantitative estimate of drug-likeness (QED) is 0.454. The molecule has 1 aromatic carbocycles. The first-order valence-electron chi connectivity index (χ1n) is 5.53. The predicted octanol–water partition coefficient (Wildman–Crippen LogP) is 2.22. The van der Waals surface area contributed by atoms with Crippen LogP contribution in [0, 0.1) is 5.92 Å². The summed E-state index contributed by atoms with van der Waals surface area (Å²) in [7, 11) is 0. The lowest BCUT2D eigenvalue weighted by molar-refractivity contribution is -0.154. The highest BCUT2D eigenvalue weighted by Crippen LogP contribution is 2.41. The monoisotopic (exact) mass is 230 g/mol. The molecule has 0 radical (unpaired) electrons. The van der Waals surface area contributed by atoms with Crippen LogP contribution < -0.4 is 0 Å². The van der Waals surface area contributed by atoms with E-state index in [1.54, 1.807) is 13.0 Å². The fourth-order valence-electron chi connectivity index (χ4n) is 2.25. The number of hydrogen-bond acceptors (Lipinski definition) is 3. The van der Waals surface area contributed by atoms with Crippen LogP contribution in [0.3, 0.4) is 0 Å². The minimum atomic E-state index is -0.896. The molecule has 1 aromatic rings. The molecule has 1 saturated heterocycles. The molecule has 1 fully saturated rings. The van der Waals surface area contributed by atoms with E-state index in [-0.39, 0.29) is 0 Å². The molecule has 1 heterocycles. The number of allylic oxidation sites excluding steroid dienone is 1. The zero-order valence-corrected chi connectivity index (χ0v) is 9.68. The lowest BCUT2D eigenvalue weighted by atomic mass is 9.72. The van der Waals surface area contributed by atoms with Crippen molar-refractivity contribution in [3.05, 3.63) is 48.6 Å². The number of carbonyl (C=O) groups is 2. The second-order valence-corrected chi connectivity index (χ2v) is 4.35. The van der Waals surface area contributed by atoms with Crippen LogP contribution >= 0.6 is 0 Å². The Kier molecular flexibility index (Phi) is 2.84. The van der Waals surface area contributed by atoms with Gasteiger partial charge in [-0.25, -0.2) is 0 Å². The van der Waals surface area contributed by atoms with Crippen LogP contribution in [0.5, 0.6) is 0 Å². The van der Waals surface area contributed by atoms with Crippen LogP contribution in [0.15, 0.2) is 43.0 Å². The molecule has 17 heavy (non-hydrogen) atoms. The van der Waals surface area contributed by atoms with Crippen LogP contribution in [0.4, 0.5) is 0 Å². The zero-order chi connectivity index (χ0) is 12.5. The summed E-state index contributed by atoms with van der Waals surface area (Å²) in [5.41, 5.74) is -0.0882. The zero-order valence-electron chi connectivity index (χ0n) is 9.68. The summed E-state index contributed by atoms with van der Waals surface area (Å²) in [5, 5.41) is 0. The van der Waals surface area contributed by atoms with Crippen LogP contribution in [-0.4, -0.2) is 11.9 Å². The lowest BCUT2D eigenvalue weighted by Gasteiger charge is -2.24. The first-order chi connectivity index (χ1) is 8.10. The molecule has 0 amide bonds. The molecule has 0 aromatic heterocycles. The van der Waals surface area contributed by atoms with Gasteiger partial charge in [0.1, 0.15) is 5.41 Å². The number of benzene rings is 1. The van der Waals surface area contributed by atoms with Crippen molar-refractivity contribution in [2.75, 3.05) is 0 Å². The van der Waals surface area contributed by atoms with Gasteiger partial charge in [0.2, 0.25) is 0 Å². The Morgan fingerprint density at radius 2 is 2.00 bits per heavy atom. The maximum absolute atomic E-state index is 11.9. The smallest absolute Gasteiger partial charge is 0.324 e. The van der Waals surface area contributed by atoms with Crippen LogP contribution in [-0.2, 0) is 19.7 Å². The average Bonchev–Trinajstić information content (AvgIpc) is 2.55. The molecule has 3 nitrogen and oxygen atoms in total. The van der Waals surface area contributed by atoms with Crippen LogP contribution in [0.2, 0.25) is 0 Å². The molecule has 0 bridgehead atoms. The van der Waals surface area contributed by atoms with Crippen molar-refractivity contribution in [3.63, 3.8) is 0 Å². The van der Waals surface area contributed by atoms with E-state index in [1.807, 2.05) is 30.3 Å². The Hall–Kier alpha value is -1.90. The fraction of sp³-hybridized carbons (Fsp3) is 0.286. The average molecular weight is 230 g/mol. The number of hydrogen-bond donors (Lipinski definition) is 0.